The molecule has 40 heavy (non-hydrogen) atoms. The number of thiophene rings is 2. The van der Waals surface area contributed by atoms with E-state index in [0.717, 1.165) is 56.5 Å². The lowest BCUT2D eigenvalue weighted by atomic mass is 10.1. The molecule has 200 valence electrons. The van der Waals surface area contributed by atoms with Crippen molar-refractivity contribution in [1.29, 1.82) is 5.26 Å². The van der Waals surface area contributed by atoms with Crippen LogP contribution in [-0.2, 0) is 13.1 Å². The van der Waals surface area contributed by atoms with Crippen molar-refractivity contribution in [3.8, 4) is 6.07 Å². The Hall–Kier alpha value is -3.91. The number of aromatic nitrogens is 2. The number of anilines is 1. The lowest BCUT2D eigenvalue weighted by Gasteiger charge is -2.25. The van der Waals surface area contributed by atoms with Crippen LogP contribution < -0.4 is 4.90 Å². The molecular weight excluding hydrogens is 559 g/mol. The lowest BCUT2D eigenvalue weighted by molar-refractivity contribution is 0.0777. The molecule has 3 aromatic heterocycles. The van der Waals surface area contributed by atoms with Gasteiger partial charge in [0.1, 0.15) is 0 Å². The van der Waals surface area contributed by atoms with Gasteiger partial charge >= 0.3 is 0 Å². The first kappa shape index (κ1) is 26.3. The summed E-state index contributed by atoms with van der Waals surface area (Å²) in [4.78, 5) is 36.3. The maximum Gasteiger partial charge on any atom is 0.268 e. The van der Waals surface area contributed by atoms with E-state index in [2.05, 4.69) is 11.1 Å². The minimum Gasteiger partial charge on any atom is -0.336 e. The zero-order valence-corrected chi connectivity index (χ0v) is 24.0. The quantitative estimate of drug-likeness (QED) is 0.231. The molecule has 1 saturated heterocycles. The van der Waals surface area contributed by atoms with E-state index in [1.807, 2.05) is 75.1 Å². The van der Waals surface area contributed by atoms with Crippen LogP contribution in [0.4, 0.5) is 5.69 Å². The SMILES string of the molecule is N#Cc1ccc(Cn2cncc2CN(C(=O)c2cccs2)c2ccc3sc(C(=O)N4CCSCC4)cc3c2)cc1. The van der Waals surface area contributed by atoms with Crippen molar-refractivity contribution in [1.82, 2.24) is 14.5 Å². The van der Waals surface area contributed by atoms with Gasteiger partial charge in [-0.05, 0) is 58.8 Å². The molecule has 0 radical (unpaired) electrons. The number of fused-ring (bicyclic) bond motifs is 1. The summed E-state index contributed by atoms with van der Waals surface area (Å²) in [6.07, 6.45) is 3.55. The monoisotopic (exact) mass is 583 g/mol. The zero-order chi connectivity index (χ0) is 27.5. The number of imidazole rings is 1. The van der Waals surface area contributed by atoms with Gasteiger partial charge in [-0.3, -0.25) is 9.59 Å². The summed E-state index contributed by atoms with van der Waals surface area (Å²) >= 11 is 4.80. The van der Waals surface area contributed by atoms with E-state index in [0.29, 0.717) is 23.5 Å². The second-order valence-corrected chi connectivity index (χ2v) is 12.7. The van der Waals surface area contributed by atoms with Crippen LogP contribution in [0.5, 0.6) is 0 Å². The minimum absolute atomic E-state index is 0.0845. The van der Waals surface area contributed by atoms with Crippen molar-refractivity contribution in [3.05, 3.63) is 105 Å². The Morgan fingerprint density at radius 3 is 2.60 bits per heavy atom. The molecule has 7 nitrogen and oxygen atoms in total. The summed E-state index contributed by atoms with van der Waals surface area (Å²) in [5.74, 6) is 1.95. The Kier molecular flexibility index (Phi) is 7.68. The topological polar surface area (TPSA) is 82.2 Å². The fraction of sp³-hybridized carbons (Fsp3) is 0.200. The number of thioether (sulfide) groups is 1. The van der Waals surface area contributed by atoms with Gasteiger partial charge in [-0.2, -0.15) is 17.0 Å². The third kappa shape index (κ3) is 5.54. The highest BCUT2D eigenvalue weighted by Gasteiger charge is 2.23. The van der Waals surface area contributed by atoms with Crippen molar-refractivity contribution in [3.63, 3.8) is 0 Å². The average molecular weight is 584 g/mol. The molecule has 1 fully saturated rings. The molecule has 0 aliphatic carbocycles. The third-order valence-electron chi connectivity index (χ3n) is 6.85. The highest BCUT2D eigenvalue weighted by Crippen LogP contribution is 2.32. The fourth-order valence-electron chi connectivity index (χ4n) is 4.71. The van der Waals surface area contributed by atoms with Gasteiger partial charge in [0, 0.05) is 47.7 Å². The van der Waals surface area contributed by atoms with Crippen LogP contribution in [0.1, 0.15) is 36.2 Å². The zero-order valence-electron chi connectivity index (χ0n) is 21.5. The predicted octanol–water partition coefficient (Wildman–Crippen LogP) is 6.12. The maximum absolute atomic E-state index is 13.7. The first-order valence-corrected chi connectivity index (χ1v) is 15.7. The van der Waals surface area contributed by atoms with Gasteiger partial charge in [0.05, 0.1) is 40.0 Å². The molecule has 2 amide bonds. The summed E-state index contributed by atoms with van der Waals surface area (Å²) in [7, 11) is 0. The Morgan fingerprint density at radius 1 is 1.02 bits per heavy atom. The van der Waals surface area contributed by atoms with Crippen molar-refractivity contribution in [2.24, 2.45) is 0 Å². The Balaban J connectivity index is 1.30. The van der Waals surface area contributed by atoms with Gasteiger partial charge < -0.3 is 14.4 Å². The molecule has 2 aromatic carbocycles. The first-order chi connectivity index (χ1) is 19.6. The normalized spacial score (nSPS) is 13.3. The number of amides is 2. The predicted molar refractivity (Wildman–Crippen MR) is 162 cm³/mol. The van der Waals surface area contributed by atoms with Crippen LogP contribution in [0.3, 0.4) is 0 Å². The van der Waals surface area contributed by atoms with Crippen LogP contribution in [0, 0.1) is 11.3 Å². The van der Waals surface area contributed by atoms with Crippen LogP contribution in [0.25, 0.3) is 10.1 Å². The molecule has 0 atom stereocenters. The van der Waals surface area contributed by atoms with Gasteiger partial charge in [-0.15, -0.1) is 22.7 Å². The third-order valence-corrected chi connectivity index (χ3v) is 9.76. The highest BCUT2D eigenvalue weighted by molar-refractivity contribution is 7.99. The molecular formula is C30H25N5O2S3. The van der Waals surface area contributed by atoms with Crippen LogP contribution >= 0.6 is 34.4 Å². The number of nitrogens with zero attached hydrogens (tertiary/aromatic N) is 5. The van der Waals surface area contributed by atoms with E-state index < -0.39 is 0 Å². The molecule has 0 spiro atoms. The number of carbonyl (C=O) groups is 2. The number of nitriles is 1. The summed E-state index contributed by atoms with van der Waals surface area (Å²) in [6.45, 7) is 2.47. The molecule has 0 unspecified atom stereocenters. The van der Waals surface area contributed by atoms with Gasteiger partial charge in [0.15, 0.2) is 0 Å². The second kappa shape index (κ2) is 11.7. The van der Waals surface area contributed by atoms with E-state index in [4.69, 9.17) is 5.26 Å². The van der Waals surface area contributed by atoms with Crippen LogP contribution in [0.15, 0.2) is 78.6 Å². The Bertz CT molecular complexity index is 1690. The Morgan fingerprint density at radius 2 is 1.85 bits per heavy atom. The van der Waals surface area contributed by atoms with Crippen molar-refractivity contribution in [2.75, 3.05) is 29.5 Å². The van der Waals surface area contributed by atoms with Crippen LogP contribution in [-0.4, -0.2) is 50.9 Å². The largest absolute Gasteiger partial charge is 0.336 e. The summed E-state index contributed by atoms with van der Waals surface area (Å²) in [5, 5.41) is 12.0. The van der Waals surface area contributed by atoms with E-state index in [1.54, 1.807) is 29.6 Å². The number of hydrogen-bond donors (Lipinski definition) is 0. The van der Waals surface area contributed by atoms with Crippen molar-refractivity contribution >= 4 is 62.0 Å². The standard InChI is InChI=1S/C30H25N5O2S3/c31-16-21-3-5-22(6-4-21)18-34-20-32-17-25(34)19-35(30(37)27-2-1-11-39-27)24-7-8-26-23(14-24)15-28(40-26)29(36)33-9-12-38-13-10-33/h1-8,11,14-15,17,20H,9-10,12-13,18-19H2. The van der Waals surface area contributed by atoms with Gasteiger partial charge in [0.25, 0.3) is 11.8 Å². The molecule has 4 heterocycles. The summed E-state index contributed by atoms with van der Waals surface area (Å²) in [6, 6.07) is 21.3. The molecule has 0 N–H and O–H groups in total. The van der Waals surface area contributed by atoms with Crippen LogP contribution in [0.2, 0.25) is 0 Å². The summed E-state index contributed by atoms with van der Waals surface area (Å²) in [5.41, 5.74) is 3.31. The number of benzene rings is 2. The molecule has 0 bridgehead atoms. The molecule has 5 aromatic rings. The van der Waals surface area contributed by atoms with E-state index in [9.17, 15) is 9.59 Å². The van der Waals surface area contributed by atoms with Gasteiger partial charge in [0.2, 0.25) is 0 Å². The fourth-order valence-corrected chi connectivity index (χ4v) is 7.29. The van der Waals surface area contributed by atoms with E-state index >= 15 is 0 Å². The molecule has 0 saturated carbocycles. The van der Waals surface area contributed by atoms with Crippen molar-refractivity contribution in [2.45, 2.75) is 13.1 Å². The first-order valence-electron chi connectivity index (χ1n) is 12.8. The van der Waals surface area contributed by atoms with Gasteiger partial charge in [-0.25, -0.2) is 4.98 Å². The minimum atomic E-state index is -0.0854. The number of carbonyl (C=O) groups excluding carboxylic acids is 2. The number of rotatable bonds is 7. The smallest absolute Gasteiger partial charge is 0.268 e. The van der Waals surface area contributed by atoms with Gasteiger partial charge in [-0.1, -0.05) is 18.2 Å². The molecule has 10 heteroatoms. The van der Waals surface area contributed by atoms with E-state index in [-0.39, 0.29) is 11.8 Å². The second-order valence-electron chi connectivity index (χ2n) is 9.43. The van der Waals surface area contributed by atoms with Crippen molar-refractivity contribution < 1.29 is 9.59 Å². The number of hydrogen-bond acceptors (Lipinski definition) is 7. The summed E-state index contributed by atoms with van der Waals surface area (Å²) < 4.78 is 3.04. The molecule has 1 aliphatic heterocycles. The lowest BCUT2D eigenvalue weighted by Crippen LogP contribution is -2.37. The van der Waals surface area contributed by atoms with E-state index in [1.165, 1.54) is 22.7 Å². The maximum atomic E-state index is 13.7. The highest BCUT2D eigenvalue weighted by atomic mass is 32.2. The average Bonchev–Trinajstić information content (AvgIpc) is 3.77. The molecule has 6 rings (SSSR count). The molecule has 1 aliphatic rings. The Labute approximate surface area is 244 Å².